The number of rotatable bonds is 7. The van der Waals surface area contributed by atoms with Gasteiger partial charge in [-0.2, -0.15) is 0 Å². The molecule has 8 heteroatoms. The van der Waals surface area contributed by atoms with Gasteiger partial charge in [0.1, 0.15) is 5.82 Å². The first-order valence-electron chi connectivity index (χ1n) is 8.74. The van der Waals surface area contributed by atoms with Gasteiger partial charge < -0.3 is 10.2 Å². The van der Waals surface area contributed by atoms with E-state index in [9.17, 15) is 9.18 Å². The van der Waals surface area contributed by atoms with Gasteiger partial charge >= 0.3 is 0 Å². The Kier molecular flexibility index (Phi) is 6.64. The number of hydrogen-bond acceptors (Lipinski definition) is 6. The average molecular weight is 417 g/mol. The van der Waals surface area contributed by atoms with Crippen molar-refractivity contribution in [3.63, 3.8) is 0 Å². The van der Waals surface area contributed by atoms with E-state index in [4.69, 9.17) is 0 Å². The Morgan fingerprint density at radius 3 is 2.71 bits per heavy atom. The number of carbonyl (C=O) groups excluding carboxylic acids is 1. The van der Waals surface area contributed by atoms with Crippen LogP contribution in [0.5, 0.6) is 0 Å². The Morgan fingerprint density at radius 2 is 2.00 bits per heavy atom. The molecule has 0 saturated heterocycles. The van der Waals surface area contributed by atoms with Crippen LogP contribution in [0.2, 0.25) is 0 Å². The second-order valence-corrected chi connectivity index (χ2v) is 9.01. The highest BCUT2D eigenvalue weighted by Gasteiger charge is 2.21. The first-order chi connectivity index (χ1) is 13.4. The van der Waals surface area contributed by atoms with E-state index < -0.39 is 0 Å². The van der Waals surface area contributed by atoms with Crippen molar-refractivity contribution < 1.29 is 9.18 Å². The number of aromatic nitrogens is 2. The summed E-state index contributed by atoms with van der Waals surface area (Å²) < 4.78 is 14.0. The zero-order valence-electron chi connectivity index (χ0n) is 15.8. The van der Waals surface area contributed by atoms with Crippen molar-refractivity contribution in [2.45, 2.75) is 30.0 Å². The van der Waals surface area contributed by atoms with Gasteiger partial charge in [-0.3, -0.25) is 4.79 Å². The molecule has 1 N–H and O–H groups in total. The normalized spacial score (nSPS) is 11.9. The van der Waals surface area contributed by atoms with Crippen molar-refractivity contribution in [3.8, 4) is 0 Å². The highest BCUT2D eigenvalue weighted by molar-refractivity contribution is 8.02. The van der Waals surface area contributed by atoms with Crippen LogP contribution in [-0.2, 0) is 11.3 Å². The smallest absolute Gasteiger partial charge is 0.235 e. The number of nitrogens with zero attached hydrogens (tertiary/aromatic N) is 3. The van der Waals surface area contributed by atoms with Gasteiger partial charge in [-0.25, -0.2) is 4.39 Å². The van der Waals surface area contributed by atoms with Gasteiger partial charge in [0.25, 0.3) is 0 Å². The molecule has 0 bridgehead atoms. The number of anilines is 2. The Hall–Kier alpha value is -2.45. The number of benzene rings is 2. The summed E-state index contributed by atoms with van der Waals surface area (Å²) in [5.41, 5.74) is 2.89. The summed E-state index contributed by atoms with van der Waals surface area (Å²) in [6, 6.07) is 14.3. The van der Waals surface area contributed by atoms with Crippen molar-refractivity contribution in [2.24, 2.45) is 0 Å². The molecule has 3 rings (SSSR count). The first-order valence-corrected chi connectivity index (χ1v) is 10.4. The van der Waals surface area contributed by atoms with Crippen LogP contribution in [0, 0.1) is 12.7 Å². The predicted octanol–water partition coefficient (Wildman–Crippen LogP) is 4.87. The Balaban J connectivity index is 1.56. The van der Waals surface area contributed by atoms with Crippen LogP contribution in [0.4, 0.5) is 15.2 Å². The fourth-order valence-electron chi connectivity index (χ4n) is 2.57. The number of thioether (sulfide) groups is 1. The van der Waals surface area contributed by atoms with Gasteiger partial charge in [0.05, 0.1) is 5.25 Å². The molecule has 0 saturated carbocycles. The number of nitrogens with one attached hydrogen (secondary N) is 1. The third-order valence-corrected chi connectivity index (χ3v) is 6.03. The average Bonchev–Trinajstić information content (AvgIpc) is 3.09. The maximum absolute atomic E-state index is 13.3. The topological polar surface area (TPSA) is 58.1 Å². The molecule has 2 aromatic carbocycles. The van der Waals surface area contributed by atoms with Crippen molar-refractivity contribution >= 4 is 39.8 Å². The monoisotopic (exact) mass is 416 g/mol. The van der Waals surface area contributed by atoms with E-state index in [1.807, 2.05) is 38.1 Å². The van der Waals surface area contributed by atoms with Crippen LogP contribution in [0.1, 0.15) is 18.1 Å². The summed E-state index contributed by atoms with van der Waals surface area (Å²) in [4.78, 5) is 14.2. The Morgan fingerprint density at radius 1 is 1.25 bits per heavy atom. The zero-order valence-corrected chi connectivity index (χ0v) is 17.5. The minimum Gasteiger partial charge on any atom is -0.340 e. The van der Waals surface area contributed by atoms with E-state index in [1.165, 1.54) is 40.8 Å². The number of hydrogen-bond donors (Lipinski definition) is 1. The van der Waals surface area contributed by atoms with Crippen molar-refractivity contribution in [3.05, 3.63) is 65.5 Å². The third-order valence-electron chi connectivity index (χ3n) is 4.02. The molecule has 146 valence electrons. The van der Waals surface area contributed by atoms with Gasteiger partial charge in [0, 0.05) is 19.3 Å². The number of amides is 1. The van der Waals surface area contributed by atoms with Crippen LogP contribution in [0.15, 0.2) is 52.9 Å². The molecular weight excluding hydrogens is 395 g/mol. The van der Waals surface area contributed by atoms with E-state index in [0.29, 0.717) is 11.7 Å². The standard InChI is InChI=1S/C20H21FN4OS2/c1-13-7-9-17(10-8-13)22-19-23-24-20(28-19)27-14(2)18(26)25(3)12-15-5-4-6-16(21)11-15/h4-11,14H,12H2,1-3H3,(H,22,23)/t14-/m1/s1. The van der Waals surface area contributed by atoms with Crippen molar-refractivity contribution in [2.75, 3.05) is 12.4 Å². The maximum Gasteiger partial charge on any atom is 0.235 e. The number of halogens is 1. The van der Waals surface area contributed by atoms with E-state index >= 15 is 0 Å². The van der Waals surface area contributed by atoms with E-state index in [1.54, 1.807) is 24.1 Å². The molecule has 1 aromatic heterocycles. The van der Waals surface area contributed by atoms with E-state index in [-0.39, 0.29) is 17.0 Å². The molecule has 0 unspecified atom stereocenters. The van der Waals surface area contributed by atoms with Gasteiger partial charge in [0.2, 0.25) is 11.0 Å². The lowest BCUT2D eigenvalue weighted by molar-refractivity contribution is -0.129. The first kappa shape index (κ1) is 20.3. The molecule has 0 aliphatic carbocycles. The van der Waals surface area contributed by atoms with Gasteiger partial charge in [-0.1, -0.05) is 52.9 Å². The minimum atomic E-state index is -0.321. The van der Waals surface area contributed by atoms with Crippen molar-refractivity contribution in [1.29, 1.82) is 0 Å². The van der Waals surface area contributed by atoms with Crippen LogP contribution in [0.25, 0.3) is 0 Å². The molecule has 28 heavy (non-hydrogen) atoms. The summed E-state index contributed by atoms with van der Waals surface area (Å²) >= 11 is 2.77. The van der Waals surface area contributed by atoms with Crippen LogP contribution >= 0.6 is 23.1 Å². The summed E-state index contributed by atoms with van der Waals surface area (Å²) in [6.45, 7) is 4.23. The van der Waals surface area contributed by atoms with Crippen LogP contribution in [-0.4, -0.2) is 33.3 Å². The van der Waals surface area contributed by atoms with Gasteiger partial charge in [0.15, 0.2) is 4.34 Å². The molecule has 0 aliphatic rings. The summed E-state index contributed by atoms with van der Waals surface area (Å²) in [5, 5.41) is 11.9. The van der Waals surface area contributed by atoms with Gasteiger partial charge in [-0.15, -0.1) is 10.2 Å². The lowest BCUT2D eigenvalue weighted by atomic mass is 10.2. The van der Waals surface area contributed by atoms with Crippen molar-refractivity contribution in [1.82, 2.24) is 15.1 Å². The SMILES string of the molecule is Cc1ccc(Nc2nnc(S[C@H](C)C(=O)N(C)Cc3cccc(F)c3)s2)cc1. The summed E-state index contributed by atoms with van der Waals surface area (Å²) in [6.07, 6.45) is 0. The molecule has 3 aromatic rings. The summed E-state index contributed by atoms with van der Waals surface area (Å²) in [7, 11) is 1.72. The highest BCUT2D eigenvalue weighted by atomic mass is 32.2. The molecule has 0 radical (unpaired) electrons. The Labute approximate surface area is 172 Å². The zero-order chi connectivity index (χ0) is 20.1. The quantitative estimate of drug-likeness (QED) is 0.557. The second kappa shape index (κ2) is 9.16. The highest BCUT2D eigenvalue weighted by Crippen LogP contribution is 2.31. The van der Waals surface area contributed by atoms with Crippen LogP contribution in [0.3, 0.4) is 0 Å². The lowest BCUT2D eigenvalue weighted by Gasteiger charge is -2.20. The fourth-order valence-corrected chi connectivity index (χ4v) is 4.60. The lowest BCUT2D eigenvalue weighted by Crippen LogP contribution is -2.32. The predicted molar refractivity (Wildman–Crippen MR) is 113 cm³/mol. The van der Waals surface area contributed by atoms with Crippen LogP contribution < -0.4 is 5.32 Å². The number of aryl methyl sites for hydroxylation is 1. The number of carbonyl (C=O) groups is 1. The molecule has 0 aliphatic heterocycles. The Bertz CT molecular complexity index is 945. The van der Waals surface area contributed by atoms with E-state index in [2.05, 4.69) is 15.5 Å². The molecular formula is C20H21FN4OS2. The molecule has 0 fully saturated rings. The second-order valence-electron chi connectivity index (χ2n) is 6.45. The molecule has 1 heterocycles. The molecule has 5 nitrogen and oxygen atoms in total. The maximum atomic E-state index is 13.3. The minimum absolute atomic E-state index is 0.0440. The summed E-state index contributed by atoms with van der Waals surface area (Å²) in [5.74, 6) is -0.347. The largest absolute Gasteiger partial charge is 0.340 e. The van der Waals surface area contributed by atoms with E-state index in [0.717, 1.165) is 15.6 Å². The fraction of sp³-hybridized carbons (Fsp3) is 0.250. The third kappa shape index (κ3) is 5.53. The molecule has 1 amide bonds. The molecule has 0 spiro atoms. The molecule has 1 atom stereocenters. The van der Waals surface area contributed by atoms with Gasteiger partial charge in [-0.05, 0) is 43.7 Å².